The first-order chi connectivity index (χ1) is 8.51. The number of unbranched alkanes of at least 4 members (excludes halogenated alkanes) is 1. The number of carbonyl (C=O) groups excluding carboxylic acids is 2. The molecule has 0 saturated heterocycles. The summed E-state index contributed by atoms with van der Waals surface area (Å²) in [5.74, 6) is 0.275. The van der Waals surface area contributed by atoms with Crippen molar-refractivity contribution in [3.05, 3.63) is 10.1 Å². The van der Waals surface area contributed by atoms with Gasteiger partial charge in [0.2, 0.25) is 6.04 Å². The minimum atomic E-state index is -0.641. The van der Waals surface area contributed by atoms with Gasteiger partial charge in [-0.25, -0.2) is 0 Å². The molecule has 0 aliphatic carbocycles. The Morgan fingerprint density at radius 2 is 1.56 bits per heavy atom. The third-order valence-corrected chi connectivity index (χ3v) is 3.09. The number of nitro groups is 1. The van der Waals surface area contributed by atoms with E-state index in [0.717, 1.165) is 0 Å². The van der Waals surface area contributed by atoms with Crippen LogP contribution in [-0.4, -0.2) is 22.5 Å². The Labute approximate surface area is 108 Å². The average Bonchev–Trinajstić information content (AvgIpc) is 2.36. The SMILES string of the molecule is CCC(=O)CCCC[C@@H](CCC(=O)CC)[N+](=O)[O-]. The molecule has 5 nitrogen and oxygen atoms in total. The zero-order valence-corrected chi connectivity index (χ0v) is 11.3. The number of Topliss-reactive ketones (excluding diaryl/α,β-unsaturated/α-hetero) is 2. The summed E-state index contributed by atoms with van der Waals surface area (Å²) < 4.78 is 0. The number of ketones is 2. The van der Waals surface area contributed by atoms with Gasteiger partial charge in [0.25, 0.3) is 0 Å². The van der Waals surface area contributed by atoms with Crippen LogP contribution in [0.15, 0.2) is 0 Å². The zero-order valence-electron chi connectivity index (χ0n) is 11.3. The normalized spacial score (nSPS) is 12.1. The van der Waals surface area contributed by atoms with E-state index in [2.05, 4.69) is 0 Å². The lowest BCUT2D eigenvalue weighted by molar-refractivity contribution is -0.524. The van der Waals surface area contributed by atoms with Crippen LogP contribution in [0.25, 0.3) is 0 Å². The Morgan fingerprint density at radius 3 is 2.06 bits per heavy atom. The fraction of sp³-hybridized carbons (Fsp3) is 0.846. The summed E-state index contributed by atoms with van der Waals surface area (Å²) in [7, 11) is 0. The molecule has 0 aliphatic rings. The van der Waals surface area contributed by atoms with E-state index < -0.39 is 6.04 Å². The van der Waals surface area contributed by atoms with Crippen LogP contribution in [0, 0.1) is 10.1 Å². The van der Waals surface area contributed by atoms with Gasteiger partial charge in [0.1, 0.15) is 11.6 Å². The maximum absolute atomic E-state index is 11.1. The fourth-order valence-electron chi connectivity index (χ4n) is 1.74. The molecule has 0 heterocycles. The van der Waals surface area contributed by atoms with Crippen LogP contribution in [0.4, 0.5) is 0 Å². The summed E-state index contributed by atoms with van der Waals surface area (Å²) >= 11 is 0. The highest BCUT2D eigenvalue weighted by Gasteiger charge is 2.20. The molecule has 0 spiro atoms. The van der Waals surface area contributed by atoms with Gasteiger partial charge in [0.05, 0.1) is 0 Å². The molecule has 0 aromatic rings. The molecular weight excluding hydrogens is 234 g/mol. The highest BCUT2D eigenvalue weighted by atomic mass is 16.6. The molecule has 0 saturated carbocycles. The molecule has 0 rings (SSSR count). The maximum atomic E-state index is 11.1. The minimum absolute atomic E-state index is 0.0722. The molecule has 0 aromatic carbocycles. The van der Waals surface area contributed by atoms with Crippen molar-refractivity contribution in [2.75, 3.05) is 0 Å². The summed E-state index contributed by atoms with van der Waals surface area (Å²) in [5.41, 5.74) is 0. The Bertz CT molecular complexity index is 289. The van der Waals surface area contributed by atoms with Crippen molar-refractivity contribution in [1.82, 2.24) is 0 Å². The first kappa shape index (κ1) is 16.7. The highest BCUT2D eigenvalue weighted by Crippen LogP contribution is 2.13. The third kappa shape index (κ3) is 7.92. The summed E-state index contributed by atoms with van der Waals surface area (Å²) in [5, 5.41) is 10.8. The molecule has 0 bridgehead atoms. The van der Waals surface area contributed by atoms with E-state index in [1.165, 1.54) is 0 Å². The molecule has 0 N–H and O–H groups in total. The molecule has 0 amide bonds. The lowest BCUT2D eigenvalue weighted by Crippen LogP contribution is -2.20. The predicted octanol–water partition coefficient (Wildman–Crippen LogP) is 2.93. The second kappa shape index (κ2) is 9.74. The van der Waals surface area contributed by atoms with Crippen LogP contribution >= 0.6 is 0 Å². The van der Waals surface area contributed by atoms with Gasteiger partial charge < -0.3 is 0 Å². The maximum Gasteiger partial charge on any atom is 0.213 e. The second-order valence-electron chi connectivity index (χ2n) is 4.51. The number of hydrogen-bond acceptors (Lipinski definition) is 4. The van der Waals surface area contributed by atoms with Gasteiger partial charge in [-0.05, 0) is 12.8 Å². The van der Waals surface area contributed by atoms with Gasteiger partial charge >= 0.3 is 0 Å². The number of carbonyl (C=O) groups is 2. The molecule has 18 heavy (non-hydrogen) atoms. The van der Waals surface area contributed by atoms with E-state index in [4.69, 9.17) is 0 Å². The van der Waals surface area contributed by atoms with Crippen LogP contribution in [-0.2, 0) is 9.59 Å². The van der Waals surface area contributed by atoms with Crippen LogP contribution < -0.4 is 0 Å². The zero-order chi connectivity index (χ0) is 14.0. The summed E-state index contributed by atoms with van der Waals surface area (Å²) in [6.45, 7) is 3.58. The predicted molar refractivity (Wildman–Crippen MR) is 69.1 cm³/mol. The van der Waals surface area contributed by atoms with Crippen molar-refractivity contribution in [3.63, 3.8) is 0 Å². The van der Waals surface area contributed by atoms with Crippen molar-refractivity contribution in [2.45, 2.75) is 71.3 Å². The Hall–Kier alpha value is -1.26. The molecular formula is C13H23NO4. The van der Waals surface area contributed by atoms with Crippen molar-refractivity contribution in [1.29, 1.82) is 0 Å². The number of nitrogens with zero attached hydrogens (tertiary/aromatic N) is 1. The highest BCUT2D eigenvalue weighted by molar-refractivity contribution is 5.78. The van der Waals surface area contributed by atoms with Crippen molar-refractivity contribution >= 4 is 11.6 Å². The molecule has 0 fully saturated rings. The van der Waals surface area contributed by atoms with Crippen LogP contribution in [0.1, 0.15) is 65.2 Å². The molecule has 104 valence electrons. The lowest BCUT2D eigenvalue weighted by Gasteiger charge is -2.08. The monoisotopic (exact) mass is 257 g/mol. The standard InChI is InChI=1S/C13H23NO4/c1-3-12(15)8-6-5-7-11(14(17)18)9-10-13(16)4-2/h11H,3-10H2,1-2H3/t11-/m0/s1. The molecule has 1 atom stereocenters. The van der Waals surface area contributed by atoms with Crippen LogP contribution in [0.5, 0.6) is 0 Å². The van der Waals surface area contributed by atoms with E-state index in [9.17, 15) is 19.7 Å². The van der Waals surface area contributed by atoms with Gasteiger partial charge in [-0.3, -0.25) is 19.7 Å². The smallest absolute Gasteiger partial charge is 0.213 e. The molecule has 0 unspecified atom stereocenters. The van der Waals surface area contributed by atoms with Crippen molar-refractivity contribution in [2.24, 2.45) is 0 Å². The van der Waals surface area contributed by atoms with E-state index in [1.54, 1.807) is 6.92 Å². The Morgan fingerprint density at radius 1 is 1.00 bits per heavy atom. The lowest BCUT2D eigenvalue weighted by atomic mass is 10.0. The van der Waals surface area contributed by atoms with Crippen molar-refractivity contribution < 1.29 is 14.5 Å². The van der Waals surface area contributed by atoms with Gasteiger partial charge in [-0.2, -0.15) is 0 Å². The van der Waals surface area contributed by atoms with Crippen LogP contribution in [0.2, 0.25) is 0 Å². The molecule has 0 aromatic heterocycles. The van der Waals surface area contributed by atoms with E-state index in [0.29, 0.717) is 44.9 Å². The van der Waals surface area contributed by atoms with E-state index >= 15 is 0 Å². The van der Waals surface area contributed by atoms with Crippen LogP contribution in [0.3, 0.4) is 0 Å². The fourth-order valence-corrected chi connectivity index (χ4v) is 1.74. The Balaban J connectivity index is 3.87. The van der Waals surface area contributed by atoms with Gasteiger partial charge in [-0.1, -0.05) is 13.8 Å². The largest absolute Gasteiger partial charge is 0.300 e. The summed E-state index contributed by atoms with van der Waals surface area (Å²) in [6, 6.07) is -0.641. The van der Waals surface area contributed by atoms with Gasteiger partial charge in [0.15, 0.2) is 0 Å². The van der Waals surface area contributed by atoms with E-state index in [1.807, 2.05) is 6.92 Å². The second-order valence-corrected chi connectivity index (χ2v) is 4.51. The average molecular weight is 257 g/mol. The van der Waals surface area contributed by atoms with E-state index in [-0.39, 0.29) is 22.9 Å². The quantitative estimate of drug-likeness (QED) is 0.324. The first-order valence-corrected chi connectivity index (χ1v) is 6.68. The minimum Gasteiger partial charge on any atom is -0.300 e. The third-order valence-electron chi connectivity index (χ3n) is 3.09. The summed E-state index contributed by atoms with van der Waals surface area (Å²) in [4.78, 5) is 32.7. The molecule has 0 radical (unpaired) electrons. The summed E-state index contributed by atoms with van der Waals surface area (Å²) in [6.07, 6.45) is 3.93. The molecule has 0 aliphatic heterocycles. The molecule has 5 heteroatoms. The van der Waals surface area contributed by atoms with Gasteiger partial charge in [-0.15, -0.1) is 0 Å². The number of hydrogen-bond donors (Lipinski definition) is 0. The number of rotatable bonds is 11. The van der Waals surface area contributed by atoms with Gasteiger partial charge in [0, 0.05) is 43.4 Å². The first-order valence-electron chi connectivity index (χ1n) is 6.68. The topological polar surface area (TPSA) is 77.3 Å². The Kier molecular flexibility index (Phi) is 9.06. The van der Waals surface area contributed by atoms with Crippen molar-refractivity contribution in [3.8, 4) is 0 Å².